The van der Waals surface area contributed by atoms with E-state index in [0.29, 0.717) is 17.0 Å². The minimum Gasteiger partial charge on any atom is -0.458 e. The van der Waals surface area contributed by atoms with Gasteiger partial charge in [-0.1, -0.05) is 24.3 Å². The SMILES string of the molecule is CC(=O)O[C@@H]1C[C@@H](COS(N)(=O)=O)O[C@H]1n1cnc2c(N[C@H]3CCc4ccccc43)ncnc21. The van der Waals surface area contributed by atoms with Gasteiger partial charge < -0.3 is 14.8 Å². The van der Waals surface area contributed by atoms with Gasteiger partial charge in [-0.15, -0.1) is 0 Å². The summed E-state index contributed by atoms with van der Waals surface area (Å²) >= 11 is 0. The number of hydrogen-bond donors (Lipinski definition) is 2. The molecule has 1 fully saturated rings. The van der Waals surface area contributed by atoms with Crippen LogP contribution >= 0.6 is 0 Å². The predicted octanol–water partition coefficient (Wildman–Crippen LogP) is 1.37. The largest absolute Gasteiger partial charge is 0.458 e. The molecule has 3 aromatic rings. The highest BCUT2D eigenvalue weighted by Gasteiger charge is 2.40. The van der Waals surface area contributed by atoms with E-state index in [0.717, 1.165) is 12.8 Å². The van der Waals surface area contributed by atoms with Crippen molar-refractivity contribution in [3.63, 3.8) is 0 Å². The summed E-state index contributed by atoms with van der Waals surface area (Å²) in [5, 5.41) is 8.40. The molecule has 3 heterocycles. The first-order valence-electron chi connectivity index (χ1n) is 10.8. The number of nitrogens with two attached hydrogens (primary N) is 1. The summed E-state index contributed by atoms with van der Waals surface area (Å²) in [4.78, 5) is 24.9. The van der Waals surface area contributed by atoms with Gasteiger partial charge in [0.2, 0.25) is 0 Å². The molecule has 0 unspecified atom stereocenters. The summed E-state index contributed by atoms with van der Waals surface area (Å²) in [5.74, 6) is 0.0921. The molecule has 180 valence electrons. The molecule has 0 saturated carbocycles. The van der Waals surface area contributed by atoms with Crippen LogP contribution in [0.1, 0.15) is 43.2 Å². The lowest BCUT2D eigenvalue weighted by atomic mass is 10.1. The number of esters is 1. The number of nitrogens with one attached hydrogen (secondary N) is 1. The highest BCUT2D eigenvalue weighted by Crippen LogP contribution is 2.36. The van der Waals surface area contributed by atoms with Crippen molar-refractivity contribution >= 4 is 33.3 Å². The lowest BCUT2D eigenvalue weighted by molar-refractivity contribution is -0.152. The Morgan fingerprint density at radius 2 is 2.12 bits per heavy atom. The number of fused-ring (bicyclic) bond motifs is 2. The van der Waals surface area contributed by atoms with Crippen LogP contribution in [-0.2, 0) is 35.2 Å². The van der Waals surface area contributed by atoms with Crippen molar-refractivity contribution < 1.29 is 26.9 Å². The molecule has 3 N–H and O–H groups in total. The van der Waals surface area contributed by atoms with Crippen LogP contribution in [0.4, 0.5) is 5.82 Å². The molecule has 0 amide bonds. The van der Waals surface area contributed by atoms with Crippen molar-refractivity contribution in [2.24, 2.45) is 5.14 Å². The van der Waals surface area contributed by atoms with E-state index < -0.39 is 34.7 Å². The molecular weight excluding hydrogens is 464 g/mol. The van der Waals surface area contributed by atoms with Crippen LogP contribution in [0.15, 0.2) is 36.9 Å². The Kier molecular flexibility index (Phi) is 5.93. The van der Waals surface area contributed by atoms with Crippen molar-refractivity contribution in [1.29, 1.82) is 0 Å². The number of imidazole rings is 1. The third kappa shape index (κ3) is 4.59. The van der Waals surface area contributed by atoms with E-state index in [-0.39, 0.29) is 19.1 Å². The maximum Gasteiger partial charge on any atom is 0.333 e. The number of aromatic nitrogens is 4. The first-order valence-corrected chi connectivity index (χ1v) is 12.3. The minimum absolute atomic E-state index is 0.107. The van der Waals surface area contributed by atoms with Crippen LogP contribution in [0.5, 0.6) is 0 Å². The second kappa shape index (κ2) is 8.91. The average molecular weight is 489 g/mol. The van der Waals surface area contributed by atoms with Gasteiger partial charge in [0.1, 0.15) is 12.4 Å². The molecule has 4 atom stereocenters. The van der Waals surface area contributed by atoms with E-state index in [2.05, 4.69) is 36.6 Å². The van der Waals surface area contributed by atoms with E-state index in [1.165, 1.54) is 30.7 Å². The lowest BCUT2D eigenvalue weighted by Crippen LogP contribution is -2.24. The van der Waals surface area contributed by atoms with Gasteiger partial charge in [-0.3, -0.25) is 13.5 Å². The Labute approximate surface area is 195 Å². The normalized spacial score (nSPS) is 24.3. The third-order valence-corrected chi connectivity index (χ3v) is 6.42. The fraction of sp³-hybridized carbons (Fsp3) is 0.429. The number of aryl methyl sites for hydroxylation is 1. The Morgan fingerprint density at radius 1 is 1.29 bits per heavy atom. The van der Waals surface area contributed by atoms with E-state index in [4.69, 9.17) is 14.6 Å². The van der Waals surface area contributed by atoms with Gasteiger partial charge in [0.15, 0.2) is 23.2 Å². The van der Waals surface area contributed by atoms with Crippen LogP contribution < -0.4 is 10.5 Å². The van der Waals surface area contributed by atoms with Gasteiger partial charge >= 0.3 is 16.3 Å². The quantitative estimate of drug-likeness (QED) is 0.465. The van der Waals surface area contributed by atoms with Crippen LogP contribution in [0.25, 0.3) is 11.2 Å². The van der Waals surface area contributed by atoms with Crippen molar-refractivity contribution in [3.05, 3.63) is 48.0 Å². The summed E-state index contributed by atoms with van der Waals surface area (Å²) in [6.45, 7) is 0.990. The highest BCUT2D eigenvalue weighted by molar-refractivity contribution is 7.84. The van der Waals surface area contributed by atoms with Gasteiger partial charge in [0, 0.05) is 13.3 Å². The molecule has 0 spiro atoms. The van der Waals surface area contributed by atoms with Gasteiger partial charge in [0.25, 0.3) is 0 Å². The molecule has 5 rings (SSSR count). The number of anilines is 1. The monoisotopic (exact) mass is 488 g/mol. The molecule has 1 saturated heterocycles. The number of hydrogen-bond acceptors (Lipinski definition) is 10. The summed E-state index contributed by atoms with van der Waals surface area (Å²) in [6.07, 6.45) is 2.97. The number of carbonyl (C=O) groups excluding carboxylic acids is 1. The van der Waals surface area contributed by atoms with E-state index in [9.17, 15) is 13.2 Å². The van der Waals surface area contributed by atoms with E-state index in [1.807, 2.05) is 12.1 Å². The zero-order valence-electron chi connectivity index (χ0n) is 18.3. The number of nitrogens with zero attached hydrogens (tertiary/aromatic N) is 4. The molecule has 0 radical (unpaired) electrons. The van der Waals surface area contributed by atoms with Crippen molar-refractivity contribution in [3.8, 4) is 0 Å². The van der Waals surface area contributed by atoms with Crippen molar-refractivity contribution in [2.45, 2.75) is 50.7 Å². The summed E-state index contributed by atoms with van der Waals surface area (Å²) in [5.41, 5.74) is 3.58. The van der Waals surface area contributed by atoms with Crippen LogP contribution in [0.3, 0.4) is 0 Å². The van der Waals surface area contributed by atoms with Crippen molar-refractivity contribution in [1.82, 2.24) is 19.5 Å². The first-order chi connectivity index (χ1) is 16.3. The van der Waals surface area contributed by atoms with Crippen LogP contribution in [0.2, 0.25) is 0 Å². The van der Waals surface area contributed by atoms with Crippen LogP contribution in [0, 0.1) is 0 Å². The summed E-state index contributed by atoms with van der Waals surface area (Å²) in [6, 6.07) is 8.40. The van der Waals surface area contributed by atoms with Gasteiger partial charge in [-0.25, -0.2) is 20.1 Å². The molecule has 0 bridgehead atoms. The second-order valence-electron chi connectivity index (χ2n) is 8.29. The molecule has 34 heavy (non-hydrogen) atoms. The summed E-state index contributed by atoms with van der Waals surface area (Å²) < 4.78 is 40.0. The number of benzene rings is 1. The Balaban J connectivity index is 1.41. The zero-order valence-corrected chi connectivity index (χ0v) is 19.1. The van der Waals surface area contributed by atoms with Gasteiger partial charge in [-0.2, -0.15) is 8.42 Å². The topological polar surface area (TPSA) is 161 Å². The standard InChI is InChI=1S/C21H24N6O6S/c1-12(28)32-17-8-14(9-31-34(22,29)30)33-21(17)27-11-25-18-19(23-10-24-20(18)27)26-16-7-6-13-4-2-3-5-15(13)16/h2-5,10-11,14,16-17,21H,6-9H2,1H3,(H2,22,29,30)(H,23,24,26)/t14-,16-,17+,21+/m0/s1. The van der Waals surface area contributed by atoms with Gasteiger partial charge in [-0.05, 0) is 24.0 Å². The minimum atomic E-state index is -4.13. The average Bonchev–Trinajstić information content (AvgIpc) is 3.49. The third-order valence-electron chi connectivity index (χ3n) is 5.96. The lowest BCUT2D eigenvalue weighted by Gasteiger charge is -2.20. The maximum atomic E-state index is 11.7. The van der Waals surface area contributed by atoms with Gasteiger partial charge in [0.05, 0.1) is 25.1 Å². The second-order valence-corrected chi connectivity index (χ2v) is 9.51. The fourth-order valence-corrected chi connectivity index (χ4v) is 4.92. The molecular formula is C21H24N6O6S. The highest BCUT2D eigenvalue weighted by atomic mass is 32.2. The molecule has 2 aliphatic rings. The zero-order chi connectivity index (χ0) is 23.9. The fourth-order valence-electron chi connectivity index (χ4n) is 4.57. The number of rotatable bonds is 7. The predicted molar refractivity (Wildman–Crippen MR) is 120 cm³/mol. The first kappa shape index (κ1) is 22.7. The number of carbonyl (C=O) groups is 1. The van der Waals surface area contributed by atoms with Crippen molar-refractivity contribution in [2.75, 3.05) is 11.9 Å². The summed E-state index contributed by atoms with van der Waals surface area (Å²) in [7, 11) is -4.13. The maximum absolute atomic E-state index is 11.7. The number of ether oxygens (including phenoxy) is 2. The van der Waals surface area contributed by atoms with E-state index in [1.54, 1.807) is 4.57 Å². The molecule has 13 heteroatoms. The Morgan fingerprint density at radius 3 is 2.91 bits per heavy atom. The van der Waals surface area contributed by atoms with E-state index >= 15 is 0 Å². The molecule has 12 nitrogen and oxygen atoms in total. The molecule has 2 aromatic heterocycles. The Hall–Kier alpha value is -3.13. The molecule has 1 aliphatic carbocycles. The smallest absolute Gasteiger partial charge is 0.333 e. The van der Waals surface area contributed by atoms with Crippen LogP contribution in [-0.4, -0.2) is 52.7 Å². The molecule has 1 aromatic carbocycles. The Bertz CT molecular complexity index is 1330. The molecule has 1 aliphatic heterocycles.